The molecule has 0 amide bonds. The van der Waals surface area contributed by atoms with Crippen LogP contribution in [-0.2, 0) is 38.3 Å². The van der Waals surface area contributed by atoms with Crippen molar-refractivity contribution in [1.82, 2.24) is 0 Å². The topological polar surface area (TPSA) is 76.1 Å². The molecule has 4 aromatic rings. The van der Waals surface area contributed by atoms with Gasteiger partial charge in [0.25, 0.3) is 0 Å². The summed E-state index contributed by atoms with van der Waals surface area (Å²) in [4.78, 5) is 26.5. The minimum absolute atomic E-state index is 0.203. The van der Waals surface area contributed by atoms with Crippen molar-refractivity contribution in [3.63, 3.8) is 0 Å². The number of aliphatic carboxylic acids is 1. The van der Waals surface area contributed by atoms with Gasteiger partial charge in [0, 0.05) is 25.2 Å². The van der Waals surface area contributed by atoms with Gasteiger partial charge >= 0.3 is 11.9 Å². The number of rotatable bonds is 10. The molecule has 0 unspecified atom stereocenters. The van der Waals surface area contributed by atoms with Gasteiger partial charge in [-0.3, -0.25) is 4.79 Å². The molecule has 5 nitrogen and oxygen atoms in total. The van der Waals surface area contributed by atoms with Crippen LogP contribution in [0, 0.1) is 0 Å². The Labute approximate surface area is 228 Å². The number of epoxide rings is 1. The lowest BCUT2D eigenvalue weighted by Gasteiger charge is -2.41. The van der Waals surface area contributed by atoms with Crippen molar-refractivity contribution < 1.29 is 24.2 Å². The second-order valence-corrected chi connectivity index (χ2v) is 10.6. The Balaban J connectivity index is 1.57. The van der Waals surface area contributed by atoms with Crippen LogP contribution in [0.4, 0.5) is 0 Å². The SMILES string of the molecule is O=C(O)C[C@@H](c1ccccc1)[C@]1(Cc2ccccc2)OC(=O)[C@@]2(Cc3ccccc3)O[C@@]12Cc1ccccc1. The van der Waals surface area contributed by atoms with Crippen LogP contribution in [0.5, 0.6) is 0 Å². The maximum Gasteiger partial charge on any atom is 0.342 e. The Kier molecular flexibility index (Phi) is 6.32. The normalized spacial score (nSPS) is 25.9. The van der Waals surface area contributed by atoms with Gasteiger partial charge in [-0.25, -0.2) is 4.79 Å². The highest BCUT2D eigenvalue weighted by Crippen LogP contribution is 2.69. The first-order chi connectivity index (χ1) is 19.0. The molecule has 1 N–H and O–H groups in total. The minimum Gasteiger partial charge on any atom is -0.481 e. The van der Waals surface area contributed by atoms with E-state index in [-0.39, 0.29) is 6.42 Å². The molecule has 196 valence electrons. The molecule has 2 aliphatic heterocycles. The lowest BCUT2D eigenvalue weighted by atomic mass is 9.64. The van der Waals surface area contributed by atoms with E-state index in [0.717, 1.165) is 22.3 Å². The predicted molar refractivity (Wildman–Crippen MR) is 147 cm³/mol. The maximum atomic E-state index is 14.1. The van der Waals surface area contributed by atoms with Crippen molar-refractivity contribution in [3.05, 3.63) is 144 Å². The fourth-order valence-electron chi connectivity index (χ4n) is 6.55. The van der Waals surface area contributed by atoms with E-state index in [0.29, 0.717) is 19.3 Å². The number of carboxylic acids is 1. The molecule has 6 rings (SSSR count). The first kappa shape index (κ1) is 25.1. The van der Waals surface area contributed by atoms with Crippen LogP contribution >= 0.6 is 0 Å². The summed E-state index contributed by atoms with van der Waals surface area (Å²) in [7, 11) is 0. The Bertz CT molecular complexity index is 1460. The zero-order valence-electron chi connectivity index (χ0n) is 21.5. The zero-order valence-corrected chi connectivity index (χ0v) is 21.5. The van der Waals surface area contributed by atoms with Gasteiger partial charge in [-0.15, -0.1) is 0 Å². The van der Waals surface area contributed by atoms with E-state index in [1.807, 2.05) is 121 Å². The molecule has 0 aliphatic carbocycles. The van der Waals surface area contributed by atoms with E-state index in [2.05, 4.69) is 0 Å². The first-order valence-corrected chi connectivity index (χ1v) is 13.3. The second kappa shape index (κ2) is 9.83. The Morgan fingerprint density at radius 2 is 1.13 bits per heavy atom. The molecule has 39 heavy (non-hydrogen) atoms. The molecule has 0 radical (unpaired) electrons. The summed E-state index contributed by atoms with van der Waals surface area (Å²) in [6.07, 6.45) is 0.897. The molecule has 0 saturated carbocycles. The molecule has 0 bridgehead atoms. The second-order valence-electron chi connectivity index (χ2n) is 10.6. The highest BCUT2D eigenvalue weighted by molar-refractivity contribution is 5.91. The Morgan fingerprint density at radius 1 is 0.667 bits per heavy atom. The van der Waals surface area contributed by atoms with Crippen LogP contribution in [0.3, 0.4) is 0 Å². The predicted octanol–water partition coefficient (Wildman–Crippen LogP) is 5.78. The fraction of sp³-hybridized carbons (Fsp3) is 0.235. The van der Waals surface area contributed by atoms with Crippen molar-refractivity contribution >= 4 is 11.9 Å². The number of cyclic esters (lactones) is 1. The van der Waals surface area contributed by atoms with Crippen LogP contribution in [0.15, 0.2) is 121 Å². The lowest BCUT2D eigenvalue weighted by molar-refractivity contribution is -0.174. The number of fused-ring (bicyclic) bond motifs is 1. The molecule has 2 heterocycles. The molecule has 4 atom stereocenters. The van der Waals surface area contributed by atoms with Crippen molar-refractivity contribution in [3.8, 4) is 0 Å². The molecule has 0 spiro atoms. The van der Waals surface area contributed by atoms with Crippen molar-refractivity contribution in [2.24, 2.45) is 0 Å². The van der Waals surface area contributed by atoms with E-state index < -0.39 is 34.7 Å². The number of esters is 1. The van der Waals surface area contributed by atoms with Crippen LogP contribution in [0.25, 0.3) is 0 Å². The van der Waals surface area contributed by atoms with E-state index in [1.165, 1.54) is 0 Å². The third-order valence-corrected chi connectivity index (χ3v) is 8.29. The van der Waals surface area contributed by atoms with Gasteiger partial charge in [0.1, 0.15) is 0 Å². The van der Waals surface area contributed by atoms with Gasteiger partial charge in [-0.2, -0.15) is 0 Å². The molecule has 5 heteroatoms. The monoisotopic (exact) mass is 518 g/mol. The van der Waals surface area contributed by atoms with E-state index in [1.54, 1.807) is 0 Å². The van der Waals surface area contributed by atoms with Crippen molar-refractivity contribution in [2.45, 2.75) is 48.4 Å². The van der Waals surface area contributed by atoms with Crippen LogP contribution in [0.2, 0.25) is 0 Å². The first-order valence-electron chi connectivity index (χ1n) is 13.3. The van der Waals surface area contributed by atoms with E-state index >= 15 is 0 Å². The zero-order chi connectivity index (χ0) is 26.9. The third kappa shape index (κ3) is 4.23. The number of benzene rings is 4. The largest absolute Gasteiger partial charge is 0.481 e. The van der Waals surface area contributed by atoms with Gasteiger partial charge in [0.15, 0.2) is 11.2 Å². The van der Waals surface area contributed by atoms with Gasteiger partial charge in [-0.05, 0) is 22.3 Å². The fourth-order valence-corrected chi connectivity index (χ4v) is 6.55. The highest BCUT2D eigenvalue weighted by atomic mass is 16.7. The summed E-state index contributed by atoms with van der Waals surface area (Å²) in [5.41, 5.74) is 0.192. The Hall–Kier alpha value is -4.22. The number of carbonyl (C=O) groups excluding carboxylic acids is 1. The number of ether oxygens (including phenoxy) is 2. The molecular weight excluding hydrogens is 488 g/mol. The molecule has 2 fully saturated rings. The standard InChI is InChI=1S/C34H30O5/c35-30(36)21-29(28-19-11-4-12-20-28)32(22-25-13-5-1-6-14-25)34(24-27-17-9-3-10-18-27)33(39-34,31(37)38-32)23-26-15-7-2-8-16-26/h1-20,29H,21-24H2,(H,35,36)/t29-,32-,33+,34-/m0/s1. The molecule has 2 aliphatic rings. The Morgan fingerprint density at radius 3 is 1.64 bits per heavy atom. The number of carbonyl (C=O) groups is 2. The summed E-state index contributed by atoms with van der Waals surface area (Å²) in [6.45, 7) is 0. The summed E-state index contributed by atoms with van der Waals surface area (Å²) >= 11 is 0. The number of hydrogen-bond donors (Lipinski definition) is 1. The maximum absolute atomic E-state index is 14.1. The van der Waals surface area contributed by atoms with Gasteiger partial charge in [-0.1, -0.05) is 121 Å². The van der Waals surface area contributed by atoms with Crippen LogP contribution in [0.1, 0.15) is 34.6 Å². The van der Waals surface area contributed by atoms with E-state index in [4.69, 9.17) is 9.47 Å². The van der Waals surface area contributed by atoms with Crippen LogP contribution < -0.4 is 0 Å². The number of hydrogen-bond acceptors (Lipinski definition) is 4. The summed E-state index contributed by atoms with van der Waals surface area (Å²) in [6, 6.07) is 39.1. The lowest BCUT2D eigenvalue weighted by Crippen LogP contribution is -2.54. The average Bonchev–Trinajstić information content (AvgIpc) is 3.57. The summed E-state index contributed by atoms with van der Waals surface area (Å²) in [5, 5.41) is 10.1. The molecular formula is C34H30O5. The summed E-state index contributed by atoms with van der Waals surface area (Å²) < 4.78 is 13.3. The quantitative estimate of drug-likeness (QED) is 0.213. The smallest absolute Gasteiger partial charge is 0.342 e. The minimum atomic E-state index is -1.25. The van der Waals surface area contributed by atoms with Gasteiger partial charge in [0.05, 0.1) is 6.42 Å². The van der Waals surface area contributed by atoms with Gasteiger partial charge in [0.2, 0.25) is 5.60 Å². The number of carboxylic acid groups (broad SMARTS) is 1. The summed E-state index contributed by atoms with van der Waals surface area (Å²) in [5.74, 6) is -2.02. The van der Waals surface area contributed by atoms with Crippen molar-refractivity contribution in [2.75, 3.05) is 0 Å². The molecule has 4 aromatic carbocycles. The molecule has 0 aromatic heterocycles. The van der Waals surface area contributed by atoms with Gasteiger partial charge < -0.3 is 14.6 Å². The van der Waals surface area contributed by atoms with E-state index in [9.17, 15) is 14.7 Å². The molecule has 2 saturated heterocycles. The van der Waals surface area contributed by atoms with Crippen LogP contribution in [-0.4, -0.2) is 33.8 Å². The average molecular weight is 519 g/mol. The highest BCUT2D eigenvalue weighted by Gasteiger charge is 2.90. The van der Waals surface area contributed by atoms with Crippen molar-refractivity contribution in [1.29, 1.82) is 0 Å². The third-order valence-electron chi connectivity index (χ3n) is 8.29.